The van der Waals surface area contributed by atoms with E-state index < -0.39 is 29.0 Å². The van der Waals surface area contributed by atoms with Gasteiger partial charge in [-0.1, -0.05) is 13.8 Å². The number of nitrogens with one attached hydrogen (secondary N) is 1. The third kappa shape index (κ3) is 6.31. The van der Waals surface area contributed by atoms with Gasteiger partial charge in [-0.05, 0) is 33.1 Å². The van der Waals surface area contributed by atoms with Crippen molar-refractivity contribution < 1.29 is 23.4 Å². The Morgan fingerprint density at radius 3 is 2.55 bits per heavy atom. The maximum atomic E-state index is 13.2. The number of hydrogen-bond donors (Lipinski definition) is 2. The zero-order chi connectivity index (χ0) is 23.2. The number of thioether (sulfide) groups is 1. The number of nitrogens with two attached hydrogens (primary N) is 1. The van der Waals surface area contributed by atoms with Crippen LogP contribution in [-0.4, -0.2) is 48.5 Å². The fourth-order valence-electron chi connectivity index (χ4n) is 3.25. The van der Waals surface area contributed by atoms with Gasteiger partial charge in [0, 0.05) is 25.0 Å². The fourth-order valence-corrected chi connectivity index (χ4v) is 4.41. The van der Waals surface area contributed by atoms with Crippen LogP contribution in [0.15, 0.2) is 26.3 Å². The molecular formula is C21H33N3O6S. The van der Waals surface area contributed by atoms with Crippen molar-refractivity contribution in [3.05, 3.63) is 28.3 Å². The average Bonchev–Trinajstić information content (AvgIpc) is 3.11. The molecule has 1 aromatic heterocycles. The number of carbonyl (C=O) groups is 1. The summed E-state index contributed by atoms with van der Waals surface area (Å²) in [4.78, 5) is 29.6. The Bertz CT molecular complexity index is 850. The van der Waals surface area contributed by atoms with Crippen LogP contribution >= 0.6 is 11.8 Å². The predicted octanol–water partition coefficient (Wildman–Crippen LogP) is 2.44. The minimum atomic E-state index is -1.50. The molecule has 1 aliphatic heterocycles. The van der Waals surface area contributed by atoms with E-state index in [1.165, 1.54) is 24.9 Å². The second-order valence-electron chi connectivity index (χ2n) is 7.82. The van der Waals surface area contributed by atoms with Crippen molar-refractivity contribution in [2.24, 2.45) is 16.6 Å². The van der Waals surface area contributed by atoms with E-state index in [-0.39, 0.29) is 11.7 Å². The number of carbonyl (C=O) groups excluding carboxylic acids is 1. The van der Waals surface area contributed by atoms with Gasteiger partial charge in [-0.25, -0.2) is 9.79 Å². The Labute approximate surface area is 187 Å². The summed E-state index contributed by atoms with van der Waals surface area (Å²) < 4.78 is 22.0. The Morgan fingerprint density at radius 1 is 1.35 bits per heavy atom. The minimum absolute atomic E-state index is 0.215. The molecule has 10 heteroatoms. The molecule has 0 spiro atoms. The van der Waals surface area contributed by atoms with Gasteiger partial charge in [0.15, 0.2) is 5.66 Å². The lowest BCUT2D eigenvalue weighted by Gasteiger charge is -2.28. The summed E-state index contributed by atoms with van der Waals surface area (Å²) in [5, 5.41) is 3.42. The van der Waals surface area contributed by atoms with E-state index in [2.05, 4.69) is 10.3 Å². The summed E-state index contributed by atoms with van der Waals surface area (Å²) in [6.07, 6.45) is 0.539. The summed E-state index contributed by atoms with van der Waals surface area (Å²) >= 11 is 1.33. The molecule has 1 amide bonds. The van der Waals surface area contributed by atoms with Crippen molar-refractivity contribution in [3.63, 3.8) is 0 Å². The highest BCUT2D eigenvalue weighted by molar-refractivity contribution is 8.14. The van der Waals surface area contributed by atoms with Crippen LogP contribution < -0.4 is 21.4 Å². The Balaban J connectivity index is 2.30. The summed E-state index contributed by atoms with van der Waals surface area (Å²) in [5.41, 5.74) is 4.33. The second-order valence-corrected chi connectivity index (χ2v) is 8.78. The van der Waals surface area contributed by atoms with Gasteiger partial charge in [0.05, 0.1) is 19.2 Å². The van der Waals surface area contributed by atoms with Gasteiger partial charge in [-0.2, -0.15) is 0 Å². The smallest absolute Gasteiger partial charge is 0.339 e. The predicted molar refractivity (Wildman–Crippen MR) is 120 cm³/mol. The first-order chi connectivity index (χ1) is 14.6. The number of methoxy groups -OCH3 is 1. The quantitative estimate of drug-likeness (QED) is 0.487. The van der Waals surface area contributed by atoms with Crippen molar-refractivity contribution in [2.45, 2.75) is 58.5 Å². The van der Waals surface area contributed by atoms with Gasteiger partial charge in [0.1, 0.15) is 16.6 Å². The lowest BCUT2D eigenvalue weighted by molar-refractivity contribution is -0.169. The molecule has 0 saturated heterocycles. The average molecular weight is 456 g/mol. The molecule has 1 aromatic rings. The van der Waals surface area contributed by atoms with Gasteiger partial charge in [0.2, 0.25) is 5.79 Å². The molecule has 0 aliphatic carbocycles. The fraction of sp³-hybridized carbons (Fsp3) is 0.667. The van der Waals surface area contributed by atoms with Crippen LogP contribution in [0, 0.1) is 5.92 Å². The van der Waals surface area contributed by atoms with Crippen LogP contribution in [0.2, 0.25) is 0 Å². The first kappa shape index (κ1) is 25.4. The molecule has 0 aromatic carbocycles. The molecule has 0 radical (unpaired) electrons. The van der Waals surface area contributed by atoms with Crippen LogP contribution in [0.5, 0.6) is 5.75 Å². The molecule has 0 fully saturated rings. The van der Waals surface area contributed by atoms with Gasteiger partial charge in [-0.3, -0.25) is 10.5 Å². The summed E-state index contributed by atoms with van der Waals surface area (Å²) in [5.74, 6) is -0.420. The summed E-state index contributed by atoms with van der Waals surface area (Å²) in [6.45, 7) is 10.3. The standard InChI is InChI=1S/C21H33N3O6S/c1-7-28-20(5,29-8-2)19-24-21(22,12-31-19)18(26)23-15(9-13(3)4)16-10-14(27-6)11-17(25)30-16/h10-11,13,15H,7-9,12,22H2,1-6H3,(H,23,26)/t15-,21+/m1/s1. The molecule has 0 saturated carbocycles. The van der Waals surface area contributed by atoms with Crippen LogP contribution in [-0.2, 0) is 14.3 Å². The van der Waals surface area contributed by atoms with Gasteiger partial charge >= 0.3 is 5.63 Å². The van der Waals surface area contributed by atoms with E-state index in [1.54, 1.807) is 13.0 Å². The molecule has 31 heavy (non-hydrogen) atoms. The highest BCUT2D eigenvalue weighted by Gasteiger charge is 2.46. The number of ether oxygens (including phenoxy) is 3. The van der Waals surface area contributed by atoms with Crippen molar-refractivity contribution in [2.75, 3.05) is 26.1 Å². The number of nitrogens with zero attached hydrogens (tertiary/aromatic N) is 1. The molecule has 3 N–H and O–H groups in total. The lowest BCUT2D eigenvalue weighted by atomic mass is 10.0. The SMILES string of the molecule is CCOC(C)(OCC)C1=N[C@](N)(C(=O)N[C@H](CC(C)C)c2cc(OC)cc(=O)o2)CS1. The highest BCUT2D eigenvalue weighted by Crippen LogP contribution is 2.34. The van der Waals surface area contributed by atoms with E-state index in [9.17, 15) is 9.59 Å². The highest BCUT2D eigenvalue weighted by atomic mass is 32.2. The van der Waals surface area contributed by atoms with Gasteiger partial charge in [0.25, 0.3) is 5.91 Å². The number of rotatable bonds is 11. The van der Waals surface area contributed by atoms with Crippen molar-refractivity contribution in [1.82, 2.24) is 5.32 Å². The van der Waals surface area contributed by atoms with Gasteiger partial charge in [-0.15, -0.1) is 11.8 Å². The topological polar surface area (TPSA) is 125 Å². The molecule has 0 bridgehead atoms. The molecule has 2 atom stereocenters. The minimum Gasteiger partial charge on any atom is -0.496 e. The molecule has 0 unspecified atom stereocenters. The van der Waals surface area contributed by atoms with E-state index in [4.69, 9.17) is 24.4 Å². The molecule has 9 nitrogen and oxygen atoms in total. The Morgan fingerprint density at radius 2 is 2.00 bits per heavy atom. The van der Waals surface area contributed by atoms with Crippen LogP contribution in [0.3, 0.4) is 0 Å². The van der Waals surface area contributed by atoms with Crippen LogP contribution in [0.25, 0.3) is 0 Å². The largest absolute Gasteiger partial charge is 0.496 e. The first-order valence-corrected chi connectivity index (χ1v) is 11.3. The number of hydrogen-bond acceptors (Lipinski definition) is 9. The monoisotopic (exact) mass is 455 g/mol. The van der Waals surface area contributed by atoms with E-state index in [0.717, 1.165) is 0 Å². The van der Waals surface area contributed by atoms with E-state index in [0.29, 0.717) is 36.2 Å². The maximum Gasteiger partial charge on any atom is 0.339 e. The van der Waals surface area contributed by atoms with E-state index >= 15 is 0 Å². The molecular weight excluding hydrogens is 422 g/mol. The molecule has 2 heterocycles. The first-order valence-electron chi connectivity index (χ1n) is 10.4. The molecule has 1 aliphatic rings. The number of aliphatic imine (C=N–C) groups is 1. The van der Waals surface area contributed by atoms with Crippen molar-refractivity contribution in [1.29, 1.82) is 0 Å². The normalized spacial score (nSPS) is 19.9. The number of amides is 1. The van der Waals surface area contributed by atoms with Crippen molar-refractivity contribution >= 4 is 22.7 Å². The zero-order valence-corrected chi connectivity index (χ0v) is 19.8. The molecule has 2 rings (SSSR count). The maximum absolute atomic E-state index is 13.2. The molecule has 174 valence electrons. The summed E-state index contributed by atoms with van der Waals surface area (Å²) in [7, 11) is 1.46. The Hall–Kier alpha value is -1.88. The second kappa shape index (κ2) is 10.6. The Kier molecular flexibility index (Phi) is 8.70. The third-order valence-corrected chi connectivity index (χ3v) is 6.03. The third-order valence-electron chi connectivity index (χ3n) is 4.71. The van der Waals surface area contributed by atoms with Crippen molar-refractivity contribution in [3.8, 4) is 5.75 Å². The summed E-state index contributed by atoms with van der Waals surface area (Å²) in [6, 6.07) is 2.27. The van der Waals surface area contributed by atoms with Crippen LogP contribution in [0.4, 0.5) is 0 Å². The van der Waals surface area contributed by atoms with E-state index in [1.807, 2.05) is 27.7 Å². The van der Waals surface area contributed by atoms with Crippen LogP contribution in [0.1, 0.15) is 52.8 Å². The lowest BCUT2D eigenvalue weighted by Crippen LogP contribution is -2.54. The zero-order valence-electron chi connectivity index (χ0n) is 19.0. The van der Waals surface area contributed by atoms with Gasteiger partial charge < -0.3 is 23.9 Å².